The second-order valence-electron chi connectivity index (χ2n) is 4.39. The Balaban J connectivity index is 2.74. The van der Waals surface area contributed by atoms with Crippen LogP contribution in [-0.4, -0.2) is 6.04 Å². The van der Waals surface area contributed by atoms with Gasteiger partial charge in [0.2, 0.25) is 0 Å². The lowest BCUT2D eigenvalue weighted by Crippen LogP contribution is -2.22. The minimum Gasteiger partial charge on any atom is -0.310 e. The maximum atomic E-state index is 3.46. The predicted octanol–water partition coefficient (Wildman–Crippen LogP) is 3.31. The van der Waals surface area contributed by atoms with E-state index in [-0.39, 0.29) is 0 Å². The Morgan fingerprint density at radius 2 is 1.71 bits per heavy atom. The quantitative estimate of drug-likeness (QED) is 0.770. The van der Waals surface area contributed by atoms with Gasteiger partial charge in [-0.05, 0) is 17.0 Å². The van der Waals surface area contributed by atoms with Crippen LogP contribution in [0.3, 0.4) is 0 Å². The zero-order chi connectivity index (χ0) is 10.6. The molecule has 14 heavy (non-hydrogen) atoms. The molecule has 0 heterocycles. The molecular weight excluding hydrogens is 170 g/mol. The van der Waals surface area contributed by atoms with Gasteiger partial charge in [-0.1, -0.05) is 52.0 Å². The Labute approximate surface area is 87.5 Å². The fraction of sp³-hybridized carbons (Fsp3) is 0.538. The van der Waals surface area contributed by atoms with Gasteiger partial charge in [0.15, 0.2) is 0 Å². The van der Waals surface area contributed by atoms with Crippen molar-refractivity contribution in [2.45, 2.75) is 46.2 Å². The third kappa shape index (κ3) is 3.15. The van der Waals surface area contributed by atoms with E-state index >= 15 is 0 Å². The third-order valence-electron chi connectivity index (χ3n) is 2.38. The summed E-state index contributed by atoms with van der Waals surface area (Å²) in [5.41, 5.74) is 2.89. The average molecular weight is 191 g/mol. The first-order chi connectivity index (χ1) is 6.61. The molecular formula is C13H21N. The van der Waals surface area contributed by atoms with Crippen molar-refractivity contribution in [2.75, 3.05) is 0 Å². The van der Waals surface area contributed by atoms with Gasteiger partial charge in [0.05, 0.1) is 0 Å². The van der Waals surface area contributed by atoms with E-state index in [0.29, 0.717) is 12.0 Å². The van der Waals surface area contributed by atoms with Gasteiger partial charge in [-0.15, -0.1) is 0 Å². The molecule has 78 valence electrons. The molecule has 0 aliphatic heterocycles. The first-order valence-corrected chi connectivity index (χ1v) is 5.42. The van der Waals surface area contributed by atoms with E-state index in [1.54, 1.807) is 0 Å². The maximum Gasteiger partial charge on any atom is 0.0210 e. The first kappa shape index (κ1) is 11.3. The number of hydrogen-bond donors (Lipinski definition) is 1. The molecule has 0 aliphatic rings. The minimum absolute atomic E-state index is 0.551. The highest BCUT2D eigenvalue weighted by atomic mass is 14.9. The van der Waals surface area contributed by atoms with Crippen molar-refractivity contribution in [1.29, 1.82) is 0 Å². The second-order valence-corrected chi connectivity index (χ2v) is 4.39. The van der Waals surface area contributed by atoms with Crippen LogP contribution in [-0.2, 0) is 6.54 Å². The summed E-state index contributed by atoms with van der Waals surface area (Å²) >= 11 is 0. The predicted molar refractivity (Wildman–Crippen MR) is 62.5 cm³/mol. The number of rotatable bonds is 4. The van der Waals surface area contributed by atoms with E-state index in [4.69, 9.17) is 0 Å². The van der Waals surface area contributed by atoms with Crippen molar-refractivity contribution in [2.24, 2.45) is 0 Å². The van der Waals surface area contributed by atoms with Gasteiger partial charge in [0, 0.05) is 12.6 Å². The van der Waals surface area contributed by atoms with Gasteiger partial charge in [0.1, 0.15) is 0 Å². The number of hydrogen-bond acceptors (Lipinski definition) is 1. The van der Waals surface area contributed by atoms with Gasteiger partial charge in [0.25, 0.3) is 0 Å². The zero-order valence-corrected chi connectivity index (χ0v) is 9.67. The largest absolute Gasteiger partial charge is 0.310 e. The molecule has 0 bridgehead atoms. The fourth-order valence-corrected chi connectivity index (χ4v) is 1.57. The molecule has 0 saturated heterocycles. The maximum absolute atomic E-state index is 3.46. The van der Waals surface area contributed by atoms with Crippen LogP contribution in [0, 0.1) is 0 Å². The lowest BCUT2D eigenvalue weighted by atomic mass is 9.97. The fourth-order valence-electron chi connectivity index (χ4n) is 1.57. The standard InChI is InChI=1S/C13H21N/c1-10(2)13-8-6-5-7-12(13)9-14-11(3)4/h5-8,10-11,14H,9H2,1-4H3. The zero-order valence-electron chi connectivity index (χ0n) is 9.67. The van der Waals surface area contributed by atoms with Crippen molar-refractivity contribution in [1.82, 2.24) is 5.32 Å². The van der Waals surface area contributed by atoms with Crippen LogP contribution in [0.2, 0.25) is 0 Å². The molecule has 1 heteroatoms. The van der Waals surface area contributed by atoms with Crippen LogP contribution in [0.1, 0.15) is 44.7 Å². The van der Waals surface area contributed by atoms with Crippen LogP contribution in [0.5, 0.6) is 0 Å². The van der Waals surface area contributed by atoms with E-state index in [9.17, 15) is 0 Å². The average Bonchev–Trinajstić information content (AvgIpc) is 2.15. The van der Waals surface area contributed by atoms with Gasteiger partial charge in [-0.3, -0.25) is 0 Å². The van der Waals surface area contributed by atoms with Crippen LogP contribution >= 0.6 is 0 Å². The Bertz CT molecular complexity index is 276. The van der Waals surface area contributed by atoms with E-state index in [0.717, 1.165) is 6.54 Å². The molecule has 1 nitrogen and oxygen atoms in total. The molecule has 1 rings (SSSR count). The Kier molecular flexibility index (Phi) is 4.15. The summed E-state index contributed by atoms with van der Waals surface area (Å²) in [4.78, 5) is 0. The first-order valence-electron chi connectivity index (χ1n) is 5.42. The summed E-state index contributed by atoms with van der Waals surface area (Å²) in [5.74, 6) is 0.611. The molecule has 0 atom stereocenters. The van der Waals surface area contributed by atoms with Crippen molar-refractivity contribution in [3.8, 4) is 0 Å². The van der Waals surface area contributed by atoms with Crippen LogP contribution in [0.25, 0.3) is 0 Å². The second kappa shape index (κ2) is 5.16. The highest BCUT2D eigenvalue weighted by Crippen LogP contribution is 2.18. The lowest BCUT2D eigenvalue weighted by Gasteiger charge is -2.14. The molecule has 1 aromatic carbocycles. The smallest absolute Gasteiger partial charge is 0.0210 e. The molecule has 0 saturated carbocycles. The van der Waals surface area contributed by atoms with Crippen LogP contribution < -0.4 is 5.32 Å². The van der Waals surface area contributed by atoms with Crippen LogP contribution in [0.15, 0.2) is 24.3 Å². The van der Waals surface area contributed by atoms with Crippen molar-refractivity contribution in [3.05, 3.63) is 35.4 Å². The molecule has 1 aromatic rings. The van der Waals surface area contributed by atoms with Gasteiger partial charge in [-0.2, -0.15) is 0 Å². The van der Waals surface area contributed by atoms with Crippen molar-refractivity contribution >= 4 is 0 Å². The minimum atomic E-state index is 0.551. The summed E-state index contributed by atoms with van der Waals surface area (Å²) < 4.78 is 0. The highest BCUT2D eigenvalue weighted by Gasteiger charge is 2.05. The van der Waals surface area contributed by atoms with Crippen molar-refractivity contribution < 1.29 is 0 Å². The number of benzene rings is 1. The van der Waals surface area contributed by atoms with E-state index < -0.39 is 0 Å². The Hall–Kier alpha value is -0.820. The van der Waals surface area contributed by atoms with E-state index in [2.05, 4.69) is 57.3 Å². The molecule has 0 spiro atoms. The van der Waals surface area contributed by atoms with Gasteiger partial charge in [-0.25, -0.2) is 0 Å². The summed E-state index contributed by atoms with van der Waals surface area (Å²) in [6.45, 7) is 9.82. The van der Waals surface area contributed by atoms with E-state index in [1.165, 1.54) is 11.1 Å². The van der Waals surface area contributed by atoms with Crippen LogP contribution in [0.4, 0.5) is 0 Å². The topological polar surface area (TPSA) is 12.0 Å². The SMILES string of the molecule is CC(C)NCc1ccccc1C(C)C. The normalized spacial score (nSPS) is 11.3. The van der Waals surface area contributed by atoms with Crippen molar-refractivity contribution in [3.63, 3.8) is 0 Å². The molecule has 0 radical (unpaired) electrons. The molecule has 0 aliphatic carbocycles. The molecule has 0 amide bonds. The summed E-state index contributed by atoms with van der Waals surface area (Å²) in [6, 6.07) is 9.22. The summed E-state index contributed by atoms with van der Waals surface area (Å²) in [7, 11) is 0. The molecule has 0 aromatic heterocycles. The molecule has 1 N–H and O–H groups in total. The summed E-state index contributed by atoms with van der Waals surface area (Å²) in [6.07, 6.45) is 0. The van der Waals surface area contributed by atoms with E-state index in [1.807, 2.05) is 0 Å². The highest BCUT2D eigenvalue weighted by molar-refractivity contribution is 5.29. The molecule has 0 unspecified atom stereocenters. The van der Waals surface area contributed by atoms with Gasteiger partial charge >= 0.3 is 0 Å². The van der Waals surface area contributed by atoms with Gasteiger partial charge < -0.3 is 5.32 Å². The lowest BCUT2D eigenvalue weighted by molar-refractivity contribution is 0.584. The number of nitrogens with one attached hydrogen (secondary N) is 1. The summed E-state index contributed by atoms with van der Waals surface area (Å²) in [5, 5.41) is 3.46. The third-order valence-corrected chi connectivity index (χ3v) is 2.38. The Morgan fingerprint density at radius 1 is 1.07 bits per heavy atom. The molecule has 0 fully saturated rings. The monoisotopic (exact) mass is 191 g/mol. The Morgan fingerprint density at radius 3 is 2.29 bits per heavy atom.